The summed E-state index contributed by atoms with van der Waals surface area (Å²) < 4.78 is 5.03. The second-order valence-corrected chi connectivity index (χ2v) is 5.12. The van der Waals surface area contributed by atoms with E-state index in [-0.39, 0.29) is 5.91 Å². The van der Waals surface area contributed by atoms with E-state index in [9.17, 15) is 4.79 Å². The molecule has 2 aromatic heterocycles. The van der Waals surface area contributed by atoms with Gasteiger partial charge < -0.3 is 15.6 Å². The molecule has 7 nitrogen and oxygen atoms in total. The Morgan fingerprint density at radius 3 is 2.95 bits per heavy atom. The number of carbonyl (C=O) groups is 1. The molecule has 1 amide bonds. The van der Waals surface area contributed by atoms with Crippen LogP contribution in [0.15, 0.2) is 9.90 Å². The van der Waals surface area contributed by atoms with Crippen LogP contribution in [0.4, 0.5) is 5.13 Å². The lowest BCUT2D eigenvalue weighted by Gasteiger charge is -2.02. The zero-order chi connectivity index (χ0) is 14.4. The van der Waals surface area contributed by atoms with Crippen LogP contribution in [0.25, 0.3) is 0 Å². The average molecular weight is 295 g/mol. The maximum absolute atomic E-state index is 11.6. The highest BCUT2D eigenvalue weighted by Crippen LogP contribution is 2.12. The van der Waals surface area contributed by atoms with E-state index >= 15 is 0 Å². The molecule has 0 aliphatic heterocycles. The number of nitrogens with zero attached hydrogens (tertiary/aromatic N) is 3. The zero-order valence-corrected chi connectivity index (χ0v) is 12.1. The van der Waals surface area contributed by atoms with Crippen molar-refractivity contribution in [2.24, 2.45) is 0 Å². The summed E-state index contributed by atoms with van der Waals surface area (Å²) in [6, 6.07) is 0. The van der Waals surface area contributed by atoms with Crippen LogP contribution in [0.5, 0.6) is 0 Å². The largest absolute Gasteiger partial charge is 0.375 e. The van der Waals surface area contributed by atoms with Gasteiger partial charge in [0.1, 0.15) is 0 Å². The summed E-state index contributed by atoms with van der Waals surface area (Å²) in [5.74, 6) is 1.22. The van der Waals surface area contributed by atoms with Gasteiger partial charge in [-0.05, 0) is 6.42 Å². The SMILES string of the molecule is CCc1noc(CCNC(=O)CCc2csc(N)n2)n1. The van der Waals surface area contributed by atoms with Gasteiger partial charge in [0.15, 0.2) is 11.0 Å². The van der Waals surface area contributed by atoms with Gasteiger partial charge in [0.05, 0.1) is 5.69 Å². The Bertz CT molecular complexity index is 566. The number of nitrogen functional groups attached to an aromatic ring is 1. The fourth-order valence-corrected chi connectivity index (χ4v) is 2.21. The third-order valence-corrected chi connectivity index (χ3v) is 3.39. The van der Waals surface area contributed by atoms with Crippen LogP contribution >= 0.6 is 11.3 Å². The van der Waals surface area contributed by atoms with E-state index < -0.39 is 0 Å². The van der Waals surface area contributed by atoms with Crippen molar-refractivity contribution in [3.63, 3.8) is 0 Å². The first kappa shape index (κ1) is 14.4. The van der Waals surface area contributed by atoms with Gasteiger partial charge in [-0.3, -0.25) is 4.79 Å². The number of carbonyl (C=O) groups excluding carboxylic acids is 1. The Balaban J connectivity index is 1.65. The third kappa shape index (κ3) is 4.30. The summed E-state index contributed by atoms with van der Waals surface area (Å²) in [5, 5.41) is 9.01. The van der Waals surface area contributed by atoms with Gasteiger partial charge in [0.2, 0.25) is 11.8 Å². The van der Waals surface area contributed by atoms with E-state index in [0.717, 1.165) is 12.1 Å². The lowest BCUT2D eigenvalue weighted by atomic mass is 10.2. The quantitative estimate of drug-likeness (QED) is 0.788. The number of anilines is 1. The van der Waals surface area contributed by atoms with E-state index in [0.29, 0.717) is 42.7 Å². The highest BCUT2D eigenvalue weighted by Gasteiger charge is 2.07. The molecule has 3 N–H and O–H groups in total. The smallest absolute Gasteiger partial charge is 0.228 e. The summed E-state index contributed by atoms with van der Waals surface area (Å²) in [5.41, 5.74) is 6.38. The van der Waals surface area contributed by atoms with Gasteiger partial charge in [-0.15, -0.1) is 11.3 Å². The molecule has 0 saturated heterocycles. The molecule has 0 aliphatic rings. The van der Waals surface area contributed by atoms with E-state index in [4.69, 9.17) is 10.3 Å². The predicted octanol–water partition coefficient (Wildman–Crippen LogP) is 0.962. The van der Waals surface area contributed by atoms with Gasteiger partial charge in [0, 0.05) is 31.2 Å². The van der Waals surface area contributed by atoms with Gasteiger partial charge in [0.25, 0.3) is 0 Å². The molecule has 0 radical (unpaired) electrons. The third-order valence-electron chi connectivity index (χ3n) is 2.67. The molecular formula is C12H17N5O2S. The molecule has 2 rings (SSSR count). The number of nitrogens with two attached hydrogens (primary N) is 1. The van der Waals surface area contributed by atoms with Crippen molar-refractivity contribution in [2.45, 2.75) is 32.6 Å². The number of hydrogen-bond donors (Lipinski definition) is 2. The van der Waals surface area contributed by atoms with Gasteiger partial charge >= 0.3 is 0 Å². The van der Waals surface area contributed by atoms with Crippen LogP contribution in [0, 0.1) is 0 Å². The minimum absolute atomic E-state index is 0.0215. The van der Waals surface area contributed by atoms with Crippen LogP contribution in [0.2, 0.25) is 0 Å². The second-order valence-electron chi connectivity index (χ2n) is 4.23. The minimum Gasteiger partial charge on any atom is -0.375 e. The van der Waals surface area contributed by atoms with E-state index in [1.54, 1.807) is 0 Å². The maximum atomic E-state index is 11.6. The first-order valence-electron chi connectivity index (χ1n) is 6.45. The van der Waals surface area contributed by atoms with E-state index in [1.165, 1.54) is 11.3 Å². The van der Waals surface area contributed by atoms with Crippen LogP contribution in [-0.4, -0.2) is 27.6 Å². The molecule has 0 aliphatic carbocycles. The first-order valence-corrected chi connectivity index (χ1v) is 7.33. The number of rotatable bonds is 7. The maximum Gasteiger partial charge on any atom is 0.228 e. The summed E-state index contributed by atoms with van der Waals surface area (Å²) >= 11 is 1.38. The molecule has 0 atom stereocenters. The standard InChI is InChI=1S/C12H17N5O2S/c1-2-9-16-11(19-17-9)5-6-14-10(18)4-3-8-7-20-12(13)15-8/h7H,2-6H2,1H3,(H2,13,15)(H,14,18). The molecule has 0 bridgehead atoms. The number of aryl methyl sites for hydroxylation is 2. The van der Waals surface area contributed by atoms with Crippen LogP contribution in [0.3, 0.4) is 0 Å². The van der Waals surface area contributed by atoms with Crippen LogP contribution < -0.4 is 11.1 Å². The highest BCUT2D eigenvalue weighted by molar-refractivity contribution is 7.13. The number of thiazole rings is 1. The predicted molar refractivity (Wildman–Crippen MR) is 75.2 cm³/mol. The molecule has 20 heavy (non-hydrogen) atoms. The van der Waals surface area contributed by atoms with Gasteiger partial charge in [-0.1, -0.05) is 12.1 Å². The summed E-state index contributed by atoms with van der Waals surface area (Å²) in [6.45, 7) is 2.45. The molecule has 8 heteroatoms. The van der Waals surface area contributed by atoms with E-state index in [1.807, 2.05) is 12.3 Å². The molecule has 0 spiro atoms. The first-order chi connectivity index (χ1) is 9.67. The molecule has 0 aromatic carbocycles. The fourth-order valence-electron chi connectivity index (χ4n) is 1.61. The molecule has 2 heterocycles. The van der Waals surface area contributed by atoms with Crippen molar-refractivity contribution in [1.29, 1.82) is 0 Å². The summed E-state index contributed by atoms with van der Waals surface area (Å²) in [6.07, 6.45) is 2.28. The lowest BCUT2D eigenvalue weighted by molar-refractivity contribution is -0.121. The van der Waals surface area contributed by atoms with E-state index in [2.05, 4.69) is 20.4 Å². The van der Waals surface area contributed by atoms with Crippen LogP contribution in [0.1, 0.15) is 30.8 Å². The minimum atomic E-state index is -0.0215. The fraction of sp³-hybridized carbons (Fsp3) is 0.500. The number of aromatic nitrogens is 3. The van der Waals surface area contributed by atoms with Crippen molar-refractivity contribution in [3.8, 4) is 0 Å². The summed E-state index contributed by atoms with van der Waals surface area (Å²) in [4.78, 5) is 19.9. The lowest BCUT2D eigenvalue weighted by Crippen LogP contribution is -2.26. The monoisotopic (exact) mass is 295 g/mol. The molecule has 108 valence electrons. The molecular weight excluding hydrogens is 278 g/mol. The zero-order valence-electron chi connectivity index (χ0n) is 11.3. The van der Waals surface area contributed by atoms with Gasteiger partial charge in [-0.2, -0.15) is 4.98 Å². The second kappa shape index (κ2) is 6.99. The normalized spacial score (nSPS) is 10.7. The number of nitrogens with one attached hydrogen (secondary N) is 1. The summed E-state index contributed by atoms with van der Waals surface area (Å²) in [7, 11) is 0. The molecule has 0 unspecified atom stereocenters. The number of amides is 1. The Morgan fingerprint density at radius 2 is 2.30 bits per heavy atom. The van der Waals surface area contributed by atoms with Crippen molar-refractivity contribution in [2.75, 3.05) is 12.3 Å². The van der Waals surface area contributed by atoms with Crippen molar-refractivity contribution < 1.29 is 9.32 Å². The number of hydrogen-bond acceptors (Lipinski definition) is 7. The Hall–Kier alpha value is -1.96. The van der Waals surface area contributed by atoms with Crippen molar-refractivity contribution in [1.82, 2.24) is 20.4 Å². The van der Waals surface area contributed by atoms with Gasteiger partial charge in [-0.25, -0.2) is 4.98 Å². The van der Waals surface area contributed by atoms with Crippen molar-refractivity contribution in [3.05, 3.63) is 22.8 Å². The Labute approximate surface area is 120 Å². The molecule has 0 fully saturated rings. The van der Waals surface area contributed by atoms with Crippen molar-refractivity contribution >= 4 is 22.4 Å². The molecule has 2 aromatic rings. The topological polar surface area (TPSA) is 107 Å². The average Bonchev–Trinajstić information content (AvgIpc) is 3.05. The highest BCUT2D eigenvalue weighted by atomic mass is 32.1. The van der Waals surface area contributed by atoms with Crippen LogP contribution in [-0.2, 0) is 24.1 Å². The Morgan fingerprint density at radius 1 is 1.45 bits per heavy atom. The Kier molecular flexibility index (Phi) is 5.05. The molecule has 0 saturated carbocycles.